The maximum Gasteiger partial charge on any atom is 0.417 e. The van der Waals surface area contributed by atoms with Gasteiger partial charge in [0, 0.05) is 65.5 Å². The molecule has 18 rings (SSSR count). The number of rotatable bonds is 8. The SMILES string of the molecule is [C-]#[N+]c1ccc(-c2ccc(-c3c(C)c(C)c(C#N)c(C)c3C(F)(F)F)cc2-n2c3ccccc3c3ccc(C)cc32)c(-n2c3ccccc3c3ccc(C)cc32)c1.[C-]#[N+]c1ccc(-n2c3ccccc3c3ccc(C)cc32)c(-c2ccc(-c3c(C)c(C)c(C#N)c(C)c3C(F)(F)F)cc2-n2c3ccccc3c3ccc(C)cc32)c1. The summed E-state index contributed by atoms with van der Waals surface area (Å²) in [5.41, 5.74) is 19.8. The van der Waals surface area contributed by atoms with Crippen LogP contribution in [-0.4, -0.2) is 18.3 Å². The number of fused-ring (bicyclic) bond motifs is 12. The first-order chi connectivity index (χ1) is 54.8. The van der Waals surface area contributed by atoms with Crippen molar-refractivity contribution in [3.8, 4) is 79.4 Å². The van der Waals surface area contributed by atoms with E-state index in [9.17, 15) is 10.5 Å². The Morgan fingerprint density at radius 3 is 0.904 bits per heavy atom. The van der Waals surface area contributed by atoms with Crippen molar-refractivity contribution in [3.63, 3.8) is 0 Å². The van der Waals surface area contributed by atoms with Crippen LogP contribution < -0.4 is 0 Å². The molecule has 14 heteroatoms. The van der Waals surface area contributed by atoms with Crippen molar-refractivity contribution in [1.29, 1.82) is 10.5 Å². The minimum absolute atomic E-state index is 0.0419. The van der Waals surface area contributed by atoms with Crippen LogP contribution in [0, 0.1) is 105 Å². The molecule has 14 aromatic carbocycles. The van der Waals surface area contributed by atoms with Crippen molar-refractivity contribution in [2.75, 3.05) is 0 Å². The molecule has 0 atom stereocenters. The smallest absolute Gasteiger partial charge is 0.310 e. The van der Waals surface area contributed by atoms with Crippen LogP contribution in [0.4, 0.5) is 37.7 Å². The maximum atomic E-state index is 15.2. The van der Waals surface area contributed by atoms with E-state index in [0.717, 1.165) is 143 Å². The Balaban J connectivity index is 0.000000165. The van der Waals surface area contributed by atoms with Gasteiger partial charge in [0.05, 0.1) is 109 Å². The van der Waals surface area contributed by atoms with Crippen LogP contribution in [0.2, 0.25) is 0 Å². The van der Waals surface area contributed by atoms with E-state index >= 15 is 26.3 Å². The third kappa shape index (κ3) is 11.5. The zero-order valence-corrected chi connectivity index (χ0v) is 63.9. The lowest BCUT2D eigenvalue weighted by atomic mass is 9.84. The first kappa shape index (κ1) is 72.7. The largest absolute Gasteiger partial charge is 0.417 e. The summed E-state index contributed by atoms with van der Waals surface area (Å²) in [6.45, 7) is 33.8. The molecular formula is C100H70F6N8. The number of halogens is 6. The molecule has 0 spiro atoms. The highest BCUT2D eigenvalue weighted by Gasteiger charge is 2.41. The van der Waals surface area contributed by atoms with E-state index in [2.05, 4.69) is 151 Å². The number of benzene rings is 14. The van der Waals surface area contributed by atoms with Gasteiger partial charge in [-0.15, -0.1) is 0 Å². The van der Waals surface area contributed by atoms with Gasteiger partial charge in [0.25, 0.3) is 0 Å². The summed E-state index contributed by atoms with van der Waals surface area (Å²) in [7, 11) is 0. The minimum Gasteiger partial charge on any atom is -0.310 e. The van der Waals surface area contributed by atoms with Gasteiger partial charge in [-0.2, -0.15) is 36.9 Å². The van der Waals surface area contributed by atoms with Crippen LogP contribution in [0.5, 0.6) is 0 Å². The Bertz CT molecular complexity index is 7380. The highest BCUT2D eigenvalue weighted by molar-refractivity contribution is 6.14. The maximum absolute atomic E-state index is 15.2. The molecule has 0 unspecified atom stereocenters. The Hall–Kier alpha value is -14.2. The summed E-state index contributed by atoms with van der Waals surface area (Å²) in [4.78, 5) is 7.70. The Morgan fingerprint density at radius 1 is 0.281 bits per heavy atom. The lowest BCUT2D eigenvalue weighted by Crippen LogP contribution is -2.14. The minimum atomic E-state index is -4.72. The number of aromatic nitrogens is 4. The third-order valence-electron chi connectivity index (χ3n) is 23.1. The van der Waals surface area contributed by atoms with Crippen molar-refractivity contribution in [2.24, 2.45) is 0 Å². The number of alkyl halides is 6. The van der Waals surface area contributed by atoms with E-state index in [-0.39, 0.29) is 33.4 Å². The quantitative estimate of drug-likeness (QED) is 0.112. The van der Waals surface area contributed by atoms with Gasteiger partial charge in [-0.3, -0.25) is 0 Å². The number of para-hydroxylation sites is 4. The molecular weight excluding hydrogens is 1430 g/mol. The van der Waals surface area contributed by atoms with Crippen molar-refractivity contribution in [3.05, 3.63) is 343 Å². The Labute approximate surface area is 654 Å². The van der Waals surface area contributed by atoms with E-state index in [1.165, 1.54) is 13.8 Å². The van der Waals surface area contributed by atoms with E-state index in [1.54, 1.807) is 45.9 Å². The molecule has 18 aromatic rings. The summed E-state index contributed by atoms with van der Waals surface area (Å²) in [6, 6.07) is 84.4. The van der Waals surface area contributed by atoms with Crippen molar-refractivity contribution in [2.45, 2.75) is 81.6 Å². The molecule has 0 aliphatic heterocycles. The van der Waals surface area contributed by atoms with Gasteiger partial charge in [-0.1, -0.05) is 164 Å². The van der Waals surface area contributed by atoms with Gasteiger partial charge in [0.15, 0.2) is 11.4 Å². The predicted octanol–water partition coefficient (Wildman–Crippen LogP) is 28.4. The summed E-state index contributed by atoms with van der Waals surface area (Å²) in [5.74, 6) is 0. The fourth-order valence-electron chi connectivity index (χ4n) is 17.6. The molecule has 0 saturated heterocycles. The van der Waals surface area contributed by atoms with E-state index < -0.39 is 23.5 Å². The van der Waals surface area contributed by atoms with Crippen molar-refractivity contribution in [1.82, 2.24) is 18.3 Å². The van der Waals surface area contributed by atoms with Crippen LogP contribution >= 0.6 is 0 Å². The number of nitriles is 2. The molecule has 0 amide bonds. The first-order valence-electron chi connectivity index (χ1n) is 37.4. The molecule has 0 fully saturated rings. The van der Waals surface area contributed by atoms with Crippen LogP contribution in [0.1, 0.15) is 77.9 Å². The molecule has 114 heavy (non-hydrogen) atoms. The highest BCUT2D eigenvalue weighted by atomic mass is 19.4. The average Bonchev–Trinajstić information content (AvgIpc) is 1.42. The van der Waals surface area contributed by atoms with Gasteiger partial charge in [0.2, 0.25) is 0 Å². The van der Waals surface area contributed by atoms with Crippen LogP contribution in [0.15, 0.2) is 243 Å². The highest BCUT2D eigenvalue weighted by Crippen LogP contribution is 2.51. The average molecular weight is 1500 g/mol. The van der Waals surface area contributed by atoms with E-state index in [1.807, 2.05) is 141 Å². The third-order valence-corrected chi connectivity index (χ3v) is 23.1. The molecule has 0 radical (unpaired) electrons. The van der Waals surface area contributed by atoms with Gasteiger partial charge in [-0.25, -0.2) is 9.69 Å². The Kier molecular flexibility index (Phi) is 17.5. The van der Waals surface area contributed by atoms with Gasteiger partial charge >= 0.3 is 12.4 Å². The normalized spacial score (nSPS) is 11.8. The standard InChI is InChI=1S/2C50H35F3N4/c1-28-15-19-37-35-11-7-9-13-42(35)56(45(37)23-28)44-22-18-34(55-6)26-40(44)39-21-17-33(48-31(4)30(3)41(27-54)32(5)49(48)50(51,52)53)25-47(39)57-43-14-10-8-12-36(43)38-20-16-29(2)24-46(38)57;1-28-15-19-37-35-11-7-9-13-42(35)56(44(37)23-28)46-25-33(48-31(4)30(3)41(27-54)32(5)49(48)50(51,52)53)17-21-39(46)40-22-18-34(55-6)26-47(40)57-43-14-10-8-12-36(43)38-20-16-29(2)24-45(38)57/h2*7-26H,1-5H3. The molecule has 0 aliphatic rings. The zero-order chi connectivity index (χ0) is 79.8. The second-order valence-corrected chi connectivity index (χ2v) is 29.8. The molecule has 0 aliphatic carbocycles. The lowest BCUT2D eigenvalue weighted by molar-refractivity contribution is -0.138. The molecule has 4 heterocycles. The van der Waals surface area contributed by atoms with Crippen molar-refractivity contribution >= 4 is 98.6 Å². The Morgan fingerprint density at radius 2 is 0.570 bits per heavy atom. The molecule has 0 N–H and O–H groups in total. The number of hydrogen-bond acceptors (Lipinski definition) is 2. The molecule has 8 nitrogen and oxygen atoms in total. The van der Waals surface area contributed by atoms with E-state index in [4.69, 9.17) is 13.1 Å². The molecule has 0 saturated carbocycles. The van der Waals surface area contributed by atoms with Crippen LogP contribution in [0.3, 0.4) is 0 Å². The fourth-order valence-corrected chi connectivity index (χ4v) is 17.6. The van der Waals surface area contributed by atoms with Crippen LogP contribution in [0.25, 0.3) is 164 Å². The fraction of sp³-hybridized carbons (Fsp3) is 0.120. The second kappa shape index (κ2) is 27.4. The second-order valence-electron chi connectivity index (χ2n) is 29.8. The number of aryl methyl sites for hydroxylation is 4. The van der Waals surface area contributed by atoms with E-state index in [0.29, 0.717) is 56.1 Å². The number of hydrogen-bond donors (Lipinski definition) is 0. The monoisotopic (exact) mass is 1500 g/mol. The molecule has 0 bridgehead atoms. The topological polar surface area (TPSA) is 76.0 Å². The van der Waals surface area contributed by atoms with Gasteiger partial charge < -0.3 is 18.3 Å². The summed E-state index contributed by atoms with van der Waals surface area (Å²) in [6.07, 6.45) is -9.44. The lowest BCUT2D eigenvalue weighted by Gasteiger charge is -2.24. The first-order valence-corrected chi connectivity index (χ1v) is 37.4. The van der Waals surface area contributed by atoms with Crippen molar-refractivity contribution < 1.29 is 26.3 Å². The summed E-state index contributed by atoms with van der Waals surface area (Å²) >= 11 is 0. The van der Waals surface area contributed by atoms with Gasteiger partial charge in [0.1, 0.15) is 0 Å². The zero-order valence-electron chi connectivity index (χ0n) is 63.9. The van der Waals surface area contributed by atoms with Gasteiger partial charge in [-0.05, 0) is 232 Å². The molecule has 552 valence electrons. The number of nitrogens with zero attached hydrogens (tertiary/aromatic N) is 8. The summed E-state index contributed by atoms with van der Waals surface area (Å²) in [5, 5.41) is 28.3. The summed E-state index contributed by atoms with van der Waals surface area (Å²) < 4.78 is 100. The molecule has 4 aromatic heterocycles. The van der Waals surface area contributed by atoms with Crippen LogP contribution in [-0.2, 0) is 12.4 Å². The predicted molar refractivity (Wildman–Crippen MR) is 451 cm³/mol.